The summed E-state index contributed by atoms with van der Waals surface area (Å²) < 4.78 is 0. The third-order valence-corrected chi connectivity index (χ3v) is 9.17. The van der Waals surface area contributed by atoms with Crippen molar-refractivity contribution in [3.05, 3.63) is 161 Å². The molecule has 2 atom stereocenters. The lowest BCUT2D eigenvalue weighted by atomic mass is 9.61. The van der Waals surface area contributed by atoms with Crippen LogP contribution in [0.15, 0.2) is 155 Å². The molecule has 0 aliphatic heterocycles. The van der Waals surface area contributed by atoms with Crippen LogP contribution >= 0.6 is 0 Å². The summed E-state index contributed by atoms with van der Waals surface area (Å²) in [6, 6.07) is 29.2. The van der Waals surface area contributed by atoms with Crippen LogP contribution in [0.1, 0.15) is 26.3 Å². The molecular weight excluding hydrogens is 480 g/mol. The predicted molar refractivity (Wildman–Crippen MR) is 171 cm³/mol. The molecule has 0 N–H and O–H groups in total. The molecule has 192 valence electrons. The Hall–Kier alpha value is -4.42. The zero-order valence-electron chi connectivity index (χ0n) is 23.3. The van der Waals surface area contributed by atoms with Gasteiger partial charge in [0.1, 0.15) is 0 Å². The van der Waals surface area contributed by atoms with Crippen LogP contribution in [0.2, 0.25) is 0 Å². The number of hydrogen-bond donors (Lipinski definition) is 0. The average molecular weight is 513 g/mol. The number of allylic oxidation sites excluding steroid dienone is 14. The van der Waals surface area contributed by atoms with Gasteiger partial charge in [0.05, 0.1) is 0 Å². The van der Waals surface area contributed by atoms with Gasteiger partial charge in [-0.15, -0.1) is 0 Å². The summed E-state index contributed by atoms with van der Waals surface area (Å²) in [4.78, 5) is 0. The fourth-order valence-electron chi connectivity index (χ4n) is 6.95. The molecule has 2 unspecified atom stereocenters. The summed E-state index contributed by atoms with van der Waals surface area (Å²) in [5, 5.41) is 5.12. The van der Waals surface area contributed by atoms with Crippen LogP contribution in [0.25, 0.3) is 38.2 Å². The fraction of sp³-hybridized carbons (Fsp3) is 0.150. The van der Waals surface area contributed by atoms with E-state index in [4.69, 9.17) is 0 Å². The van der Waals surface area contributed by atoms with Gasteiger partial charge in [-0.1, -0.05) is 130 Å². The third-order valence-electron chi connectivity index (χ3n) is 9.17. The summed E-state index contributed by atoms with van der Waals surface area (Å²) in [6.07, 6.45) is 19.0. The third kappa shape index (κ3) is 3.67. The normalized spacial score (nSPS) is 21.2. The molecule has 4 aromatic carbocycles. The Morgan fingerprint density at radius 3 is 1.85 bits per heavy atom. The summed E-state index contributed by atoms with van der Waals surface area (Å²) in [7, 11) is 0. The van der Waals surface area contributed by atoms with Gasteiger partial charge >= 0.3 is 0 Å². The largest absolute Gasteiger partial charge is 0.0616 e. The van der Waals surface area contributed by atoms with E-state index in [1.807, 2.05) is 0 Å². The molecule has 8 rings (SSSR count). The lowest BCUT2D eigenvalue weighted by Crippen LogP contribution is -2.30. The number of fused-ring (bicyclic) bond motifs is 2. The maximum atomic E-state index is 2.44. The molecule has 0 spiro atoms. The Morgan fingerprint density at radius 2 is 1.10 bits per heavy atom. The first kappa shape index (κ1) is 23.5. The topological polar surface area (TPSA) is 0 Å². The van der Waals surface area contributed by atoms with Crippen LogP contribution in [-0.4, -0.2) is 0 Å². The van der Waals surface area contributed by atoms with Gasteiger partial charge in [0, 0.05) is 11.8 Å². The molecule has 0 nitrogen and oxygen atoms in total. The molecule has 0 heterocycles. The van der Waals surface area contributed by atoms with Crippen molar-refractivity contribution in [2.45, 2.75) is 20.8 Å². The van der Waals surface area contributed by atoms with E-state index in [-0.39, 0.29) is 5.41 Å². The summed E-state index contributed by atoms with van der Waals surface area (Å²) in [5.74, 6) is 0.802. The first-order valence-electron chi connectivity index (χ1n) is 14.4. The summed E-state index contributed by atoms with van der Waals surface area (Å²) >= 11 is 0. The molecule has 0 aromatic heterocycles. The average Bonchev–Trinajstić information content (AvgIpc) is 2.98. The molecule has 4 aliphatic carbocycles. The quantitative estimate of drug-likeness (QED) is 0.251. The Kier molecular flexibility index (Phi) is 5.01. The molecule has 0 amide bonds. The van der Waals surface area contributed by atoms with E-state index in [0.29, 0.717) is 11.8 Å². The first-order chi connectivity index (χ1) is 19.4. The Morgan fingerprint density at radius 1 is 0.500 bits per heavy atom. The van der Waals surface area contributed by atoms with E-state index in [0.717, 1.165) is 0 Å². The van der Waals surface area contributed by atoms with E-state index in [1.165, 1.54) is 71.7 Å². The summed E-state index contributed by atoms with van der Waals surface area (Å²) in [6.45, 7) is 6.93. The molecule has 0 heteroatoms. The highest BCUT2D eigenvalue weighted by Crippen LogP contribution is 2.53. The number of hydrogen-bond acceptors (Lipinski definition) is 0. The van der Waals surface area contributed by atoms with Crippen LogP contribution < -0.4 is 0 Å². The van der Waals surface area contributed by atoms with Crippen LogP contribution in [0.3, 0.4) is 0 Å². The van der Waals surface area contributed by atoms with E-state index >= 15 is 0 Å². The van der Waals surface area contributed by atoms with Crippen molar-refractivity contribution < 1.29 is 0 Å². The van der Waals surface area contributed by atoms with Crippen molar-refractivity contribution in [2.75, 3.05) is 0 Å². The molecular formula is C40H32. The lowest BCUT2D eigenvalue weighted by Gasteiger charge is -2.42. The van der Waals surface area contributed by atoms with Crippen molar-refractivity contribution in [3.63, 3.8) is 0 Å². The molecule has 0 saturated heterocycles. The molecule has 4 aromatic rings. The SMILES string of the molecule is CC(C)(C)C1=CC2=CC=C3C(c4ccc5cc(-c6ccc7ccccc7c6)ccc5c4)=CC=C4C=CC(=C1)C2C43. The van der Waals surface area contributed by atoms with Gasteiger partial charge in [-0.2, -0.15) is 0 Å². The number of benzene rings is 4. The predicted octanol–water partition coefficient (Wildman–Crippen LogP) is 10.6. The van der Waals surface area contributed by atoms with Crippen molar-refractivity contribution in [1.29, 1.82) is 0 Å². The van der Waals surface area contributed by atoms with Gasteiger partial charge < -0.3 is 0 Å². The highest BCUT2D eigenvalue weighted by molar-refractivity contribution is 5.95. The minimum absolute atomic E-state index is 0.143. The molecule has 40 heavy (non-hydrogen) atoms. The van der Waals surface area contributed by atoms with Crippen LogP contribution in [0.5, 0.6) is 0 Å². The Labute approximate surface area is 236 Å². The maximum absolute atomic E-state index is 2.44. The van der Waals surface area contributed by atoms with Crippen molar-refractivity contribution in [2.24, 2.45) is 17.3 Å². The van der Waals surface area contributed by atoms with E-state index < -0.39 is 0 Å². The van der Waals surface area contributed by atoms with Crippen LogP contribution in [-0.2, 0) is 0 Å². The molecule has 0 saturated carbocycles. The first-order valence-corrected chi connectivity index (χ1v) is 14.4. The van der Waals surface area contributed by atoms with Gasteiger partial charge in [0.2, 0.25) is 0 Å². The van der Waals surface area contributed by atoms with Crippen molar-refractivity contribution in [3.8, 4) is 11.1 Å². The summed E-state index contributed by atoms with van der Waals surface area (Å²) in [5.41, 5.74) is 12.5. The Bertz CT molecular complexity index is 1970. The highest BCUT2D eigenvalue weighted by atomic mass is 14.4. The van der Waals surface area contributed by atoms with Crippen LogP contribution in [0.4, 0.5) is 0 Å². The van der Waals surface area contributed by atoms with Crippen molar-refractivity contribution in [1.82, 2.24) is 0 Å². The van der Waals surface area contributed by atoms with Gasteiger partial charge in [-0.05, 0) is 95.3 Å². The minimum atomic E-state index is 0.143. The lowest BCUT2D eigenvalue weighted by molar-refractivity contribution is 0.500. The smallest absolute Gasteiger partial charge is 0.0205 e. The minimum Gasteiger partial charge on any atom is -0.0616 e. The second-order valence-electron chi connectivity index (χ2n) is 12.7. The van der Waals surface area contributed by atoms with Crippen molar-refractivity contribution >= 4 is 27.1 Å². The molecule has 0 fully saturated rings. The number of rotatable bonds is 2. The van der Waals surface area contributed by atoms with Crippen LogP contribution in [0, 0.1) is 17.3 Å². The Balaban J connectivity index is 1.18. The van der Waals surface area contributed by atoms with Gasteiger partial charge in [0.15, 0.2) is 0 Å². The standard InChI is InChI=1S/C40H32/c1-40(2,3)35-23-33-15-9-26-16-18-36(37-19-17-34(24-35)38(33)39(26)37)32-14-13-30-21-29(11-12-31(30)22-32)28-10-8-25-6-4-5-7-27(25)20-28/h4-24,38-39H,1-3H3. The maximum Gasteiger partial charge on any atom is 0.0205 e. The zero-order valence-corrected chi connectivity index (χ0v) is 23.3. The highest BCUT2D eigenvalue weighted by Gasteiger charge is 2.40. The fourth-order valence-corrected chi connectivity index (χ4v) is 6.95. The molecule has 4 aliphatic rings. The van der Waals surface area contributed by atoms with E-state index in [9.17, 15) is 0 Å². The molecule has 0 bridgehead atoms. The van der Waals surface area contributed by atoms with E-state index in [1.54, 1.807) is 0 Å². The monoisotopic (exact) mass is 512 g/mol. The van der Waals surface area contributed by atoms with E-state index in [2.05, 4.69) is 148 Å². The second kappa shape index (κ2) is 8.54. The molecule has 0 radical (unpaired) electrons. The van der Waals surface area contributed by atoms with Gasteiger partial charge in [0.25, 0.3) is 0 Å². The van der Waals surface area contributed by atoms with Gasteiger partial charge in [-0.3, -0.25) is 0 Å². The van der Waals surface area contributed by atoms with Gasteiger partial charge in [-0.25, -0.2) is 0 Å². The second-order valence-corrected chi connectivity index (χ2v) is 12.7. The zero-order chi connectivity index (χ0) is 27.0.